The van der Waals surface area contributed by atoms with Crippen molar-refractivity contribution in [1.82, 2.24) is 9.55 Å². The second-order valence-corrected chi connectivity index (χ2v) is 9.98. The summed E-state index contributed by atoms with van der Waals surface area (Å²) < 4.78 is 41.3. The highest BCUT2D eigenvalue weighted by molar-refractivity contribution is 8.13. The number of fused-ring (bicyclic) bond motifs is 2. The van der Waals surface area contributed by atoms with Crippen LogP contribution in [-0.2, 0) is 13.1 Å². The van der Waals surface area contributed by atoms with E-state index in [0.29, 0.717) is 41.6 Å². The van der Waals surface area contributed by atoms with E-state index < -0.39 is 11.6 Å². The van der Waals surface area contributed by atoms with Gasteiger partial charge in [0.2, 0.25) is 0 Å². The fourth-order valence-electron chi connectivity index (χ4n) is 4.63. The Morgan fingerprint density at radius 2 is 2.05 bits per heavy atom. The lowest BCUT2D eigenvalue weighted by atomic mass is 10.1. The molecule has 0 atom stereocenters. The molecule has 0 fully saturated rings. The minimum atomic E-state index is -0.616. The summed E-state index contributed by atoms with van der Waals surface area (Å²) in [6.07, 6.45) is 8.18. The smallest absolute Gasteiger partial charge is 0.176 e. The highest BCUT2D eigenvalue weighted by Gasteiger charge is 2.24. The molecule has 0 radical (unpaired) electrons. The largest absolute Gasteiger partial charge is 0.497 e. The summed E-state index contributed by atoms with van der Waals surface area (Å²) in [5.74, 6) is 0.178. The van der Waals surface area contributed by atoms with Crippen molar-refractivity contribution in [3.8, 4) is 11.5 Å². The van der Waals surface area contributed by atoms with Gasteiger partial charge in [0.1, 0.15) is 36.4 Å². The second kappa shape index (κ2) is 9.63. The number of hydrogen-bond acceptors (Lipinski definition) is 6. The molecule has 0 N–H and O–H groups in total. The van der Waals surface area contributed by atoms with Gasteiger partial charge in [0.05, 0.1) is 29.3 Å². The van der Waals surface area contributed by atoms with E-state index in [1.165, 1.54) is 12.1 Å². The summed E-state index contributed by atoms with van der Waals surface area (Å²) in [4.78, 5) is 14.0. The summed E-state index contributed by atoms with van der Waals surface area (Å²) in [6, 6.07) is 7.43. The maximum Gasteiger partial charge on any atom is 0.176 e. The third-order valence-corrected chi connectivity index (χ3v) is 7.71. The van der Waals surface area contributed by atoms with Crippen molar-refractivity contribution in [3.63, 3.8) is 0 Å². The first-order valence-electron chi connectivity index (χ1n) is 12.1. The summed E-state index contributed by atoms with van der Waals surface area (Å²) in [7, 11) is 1.63. The lowest BCUT2D eigenvalue weighted by Gasteiger charge is -2.12. The van der Waals surface area contributed by atoms with Crippen LogP contribution in [0.25, 0.3) is 11.6 Å². The Bertz CT molecular complexity index is 1540. The van der Waals surface area contributed by atoms with Gasteiger partial charge in [0.15, 0.2) is 5.16 Å². The molecular formula is C28H24F2N4O2S. The number of imidazole rings is 1. The van der Waals surface area contributed by atoms with Gasteiger partial charge in [-0.25, -0.2) is 13.8 Å². The van der Waals surface area contributed by atoms with Crippen molar-refractivity contribution >= 4 is 34.2 Å². The molecule has 6 rings (SSSR count). The number of ether oxygens (including phenoxy) is 2. The Morgan fingerprint density at radius 1 is 1.16 bits per heavy atom. The van der Waals surface area contributed by atoms with Gasteiger partial charge in [0, 0.05) is 42.3 Å². The topological polar surface area (TPSA) is 61.0 Å². The zero-order valence-electron chi connectivity index (χ0n) is 20.4. The average Bonchev–Trinajstić information content (AvgIpc) is 3.64. The highest BCUT2D eigenvalue weighted by atomic mass is 32.2. The molecule has 3 heterocycles. The van der Waals surface area contributed by atoms with Crippen LogP contribution >= 0.6 is 11.8 Å². The molecule has 0 bridgehead atoms. The van der Waals surface area contributed by atoms with Gasteiger partial charge >= 0.3 is 0 Å². The summed E-state index contributed by atoms with van der Waals surface area (Å²) >= 11 is 1.62. The number of methoxy groups -OCH3 is 1. The Hall–Kier alpha value is -3.72. The molecule has 0 unspecified atom stereocenters. The quantitative estimate of drug-likeness (QED) is 0.369. The van der Waals surface area contributed by atoms with Crippen LogP contribution in [-0.4, -0.2) is 34.0 Å². The molecule has 6 nitrogen and oxygen atoms in total. The normalized spacial score (nSPS) is 16.0. The van der Waals surface area contributed by atoms with Crippen LogP contribution in [0.2, 0.25) is 0 Å². The van der Waals surface area contributed by atoms with Gasteiger partial charge in [-0.3, -0.25) is 9.98 Å². The van der Waals surface area contributed by atoms with Gasteiger partial charge < -0.3 is 14.0 Å². The number of allylic oxidation sites excluding steroid dienone is 2. The molecule has 0 saturated heterocycles. The highest BCUT2D eigenvalue weighted by Crippen LogP contribution is 2.40. The van der Waals surface area contributed by atoms with Gasteiger partial charge in [-0.05, 0) is 53.6 Å². The van der Waals surface area contributed by atoms with Crippen LogP contribution in [0.5, 0.6) is 11.5 Å². The van der Waals surface area contributed by atoms with Gasteiger partial charge in [-0.1, -0.05) is 13.0 Å². The Kier molecular flexibility index (Phi) is 6.16. The van der Waals surface area contributed by atoms with Crippen LogP contribution in [0.3, 0.4) is 0 Å². The van der Waals surface area contributed by atoms with E-state index in [0.717, 1.165) is 51.5 Å². The van der Waals surface area contributed by atoms with Gasteiger partial charge in [-0.15, -0.1) is 0 Å². The number of aromatic nitrogens is 2. The van der Waals surface area contributed by atoms with Crippen molar-refractivity contribution in [2.45, 2.75) is 38.0 Å². The molecule has 3 aliphatic rings. The van der Waals surface area contributed by atoms with E-state index in [2.05, 4.69) is 33.7 Å². The van der Waals surface area contributed by atoms with E-state index in [1.807, 2.05) is 18.2 Å². The molecule has 0 saturated carbocycles. The molecular weight excluding hydrogens is 494 g/mol. The second-order valence-electron chi connectivity index (χ2n) is 8.94. The van der Waals surface area contributed by atoms with Crippen molar-refractivity contribution in [2.24, 2.45) is 9.98 Å². The number of nitrogens with zero attached hydrogens (tertiary/aromatic N) is 4. The van der Waals surface area contributed by atoms with Crippen molar-refractivity contribution in [2.75, 3.05) is 13.7 Å². The third kappa shape index (κ3) is 4.59. The van der Waals surface area contributed by atoms with Crippen molar-refractivity contribution in [1.29, 1.82) is 0 Å². The van der Waals surface area contributed by atoms with Crippen LogP contribution < -0.4 is 9.47 Å². The lowest BCUT2D eigenvalue weighted by molar-refractivity contribution is 0.345. The van der Waals surface area contributed by atoms with E-state index in [4.69, 9.17) is 14.5 Å². The molecule has 188 valence electrons. The van der Waals surface area contributed by atoms with Crippen LogP contribution in [0.15, 0.2) is 63.4 Å². The number of thioether (sulfide) groups is 1. The molecule has 1 aliphatic carbocycles. The zero-order valence-corrected chi connectivity index (χ0v) is 21.2. The molecule has 0 spiro atoms. The minimum absolute atomic E-state index is 0.224. The molecule has 1 aromatic heterocycles. The van der Waals surface area contributed by atoms with E-state index in [9.17, 15) is 8.78 Å². The van der Waals surface area contributed by atoms with E-state index >= 15 is 0 Å². The van der Waals surface area contributed by atoms with Crippen LogP contribution in [0.4, 0.5) is 8.78 Å². The number of halogens is 2. The summed E-state index contributed by atoms with van der Waals surface area (Å²) in [5.41, 5.74) is 5.71. The average molecular weight is 519 g/mol. The third-order valence-electron chi connectivity index (χ3n) is 6.54. The fourth-order valence-corrected chi connectivity index (χ4v) is 5.48. The molecule has 9 heteroatoms. The number of aliphatic imine (C=N–C) groups is 2. The van der Waals surface area contributed by atoms with E-state index in [1.54, 1.807) is 18.9 Å². The number of rotatable bonds is 7. The monoisotopic (exact) mass is 518 g/mol. The SMILES string of the molecule is CCC1=NCn2cc(C3=Cc4c(cc(OC)cc4OCC4=CCC(c5ccc(F)cc5F)=N4)C3)nc2S1. The predicted octanol–water partition coefficient (Wildman–Crippen LogP) is 6.29. The van der Waals surface area contributed by atoms with Gasteiger partial charge in [0.25, 0.3) is 0 Å². The summed E-state index contributed by atoms with van der Waals surface area (Å²) in [6.45, 7) is 2.92. The first-order chi connectivity index (χ1) is 18.0. The molecule has 3 aromatic rings. The Morgan fingerprint density at radius 3 is 2.86 bits per heavy atom. The summed E-state index contributed by atoms with van der Waals surface area (Å²) in [5, 5.41) is 2.06. The van der Waals surface area contributed by atoms with Crippen molar-refractivity contribution < 1.29 is 18.3 Å². The standard InChI is InChI=1S/C28H24F2N4O2S/c1-3-27-31-15-34-13-25(33-28(34)37-27)17-8-16-9-20(35-2)12-26(22(16)10-17)36-14-19-5-7-24(32-19)21-6-4-18(29)11-23(21)30/h4-6,9-13H,3,7-8,14-15H2,1-2H3. The Balaban J connectivity index is 1.22. The fraction of sp³-hybridized carbons (Fsp3) is 0.250. The maximum atomic E-state index is 14.2. The van der Waals surface area contributed by atoms with E-state index in [-0.39, 0.29) is 6.61 Å². The molecule has 2 aromatic carbocycles. The number of hydrogen-bond donors (Lipinski definition) is 0. The first kappa shape index (κ1) is 23.7. The molecule has 0 amide bonds. The zero-order chi connectivity index (χ0) is 25.5. The predicted molar refractivity (Wildman–Crippen MR) is 141 cm³/mol. The molecule has 2 aliphatic heterocycles. The number of benzene rings is 2. The minimum Gasteiger partial charge on any atom is -0.497 e. The Labute approximate surface area is 217 Å². The van der Waals surface area contributed by atoms with Crippen molar-refractivity contribution in [3.05, 3.63) is 82.3 Å². The molecule has 37 heavy (non-hydrogen) atoms. The van der Waals surface area contributed by atoms with Gasteiger partial charge in [-0.2, -0.15) is 0 Å². The lowest BCUT2D eigenvalue weighted by Crippen LogP contribution is -2.06. The van der Waals surface area contributed by atoms with Crippen LogP contribution in [0, 0.1) is 11.6 Å². The van der Waals surface area contributed by atoms with Crippen LogP contribution in [0.1, 0.15) is 42.1 Å². The maximum absolute atomic E-state index is 14.2. The first-order valence-corrected chi connectivity index (χ1v) is 12.9.